The van der Waals surface area contributed by atoms with Gasteiger partial charge >= 0.3 is 0 Å². The fraction of sp³-hybridized carbons (Fsp3) is 0.692. The molecule has 0 bridgehead atoms. The Kier molecular flexibility index (Phi) is 4.86. The summed E-state index contributed by atoms with van der Waals surface area (Å²) in [5.41, 5.74) is 5.44. The number of aromatic nitrogens is 2. The normalized spacial score (nSPS) is 18.6. The molecule has 1 aromatic rings. The molecule has 0 saturated carbocycles. The summed E-state index contributed by atoms with van der Waals surface area (Å²) in [6.07, 6.45) is 8.50. The lowest BCUT2D eigenvalue weighted by Crippen LogP contribution is -2.29. The van der Waals surface area contributed by atoms with E-state index < -0.39 is 0 Å². The van der Waals surface area contributed by atoms with Crippen molar-refractivity contribution >= 4 is 11.5 Å². The van der Waals surface area contributed by atoms with Gasteiger partial charge in [0.1, 0.15) is 0 Å². The second-order valence-corrected chi connectivity index (χ2v) is 5.94. The summed E-state index contributed by atoms with van der Waals surface area (Å²) in [4.78, 5) is 1.18. The third kappa shape index (κ3) is 2.96. The summed E-state index contributed by atoms with van der Waals surface area (Å²) in [6.45, 7) is 4.30. The van der Waals surface area contributed by atoms with Crippen molar-refractivity contribution in [1.29, 1.82) is 0 Å². The van der Waals surface area contributed by atoms with E-state index >= 15 is 0 Å². The van der Waals surface area contributed by atoms with Crippen molar-refractivity contribution < 1.29 is 0 Å². The van der Waals surface area contributed by atoms with Gasteiger partial charge < -0.3 is 0 Å². The summed E-state index contributed by atoms with van der Waals surface area (Å²) in [7, 11) is 0. The predicted octanol–water partition coefficient (Wildman–Crippen LogP) is 3.06. The highest BCUT2D eigenvalue weighted by Crippen LogP contribution is 2.34. The smallest absolute Gasteiger partial charge is 0.0833 e. The predicted molar refractivity (Wildman–Crippen MR) is 75.2 cm³/mol. The van der Waals surface area contributed by atoms with Crippen LogP contribution in [-0.2, 0) is 0 Å². The van der Waals surface area contributed by atoms with Crippen LogP contribution < -0.4 is 11.3 Å². The van der Waals surface area contributed by atoms with Crippen molar-refractivity contribution in [3.8, 4) is 0 Å². The molecule has 1 heterocycles. The van der Waals surface area contributed by atoms with Crippen LogP contribution in [0.1, 0.15) is 68.5 Å². The van der Waals surface area contributed by atoms with Crippen LogP contribution in [0, 0.1) is 0 Å². The third-order valence-electron chi connectivity index (χ3n) is 3.46. The highest BCUT2D eigenvalue weighted by Gasteiger charge is 2.23. The summed E-state index contributed by atoms with van der Waals surface area (Å²) in [5, 5.41) is 4.25. The molecule has 0 radical (unpaired) electrons. The van der Waals surface area contributed by atoms with Crippen molar-refractivity contribution in [1.82, 2.24) is 15.0 Å². The van der Waals surface area contributed by atoms with Gasteiger partial charge in [0.15, 0.2) is 0 Å². The Balaban J connectivity index is 2.26. The van der Waals surface area contributed by atoms with Gasteiger partial charge in [0.2, 0.25) is 0 Å². The number of rotatable bonds is 4. The number of hydrogen-bond donors (Lipinski definition) is 2. The molecule has 100 valence electrons. The van der Waals surface area contributed by atoms with Gasteiger partial charge in [0.25, 0.3) is 0 Å². The van der Waals surface area contributed by atoms with E-state index in [0.29, 0.717) is 5.92 Å². The molecule has 3 N–H and O–H groups in total. The molecule has 0 aromatic carbocycles. The van der Waals surface area contributed by atoms with Gasteiger partial charge in [-0.15, -0.1) is 5.10 Å². The highest BCUT2D eigenvalue weighted by molar-refractivity contribution is 7.05. The molecule has 5 heteroatoms. The van der Waals surface area contributed by atoms with Crippen molar-refractivity contribution in [3.63, 3.8) is 0 Å². The van der Waals surface area contributed by atoms with E-state index in [2.05, 4.69) is 34.9 Å². The number of hydrazine groups is 1. The van der Waals surface area contributed by atoms with Crippen LogP contribution in [0.5, 0.6) is 0 Å². The zero-order chi connectivity index (χ0) is 13.0. The molecule has 4 nitrogen and oxygen atoms in total. The maximum absolute atomic E-state index is 5.78. The van der Waals surface area contributed by atoms with Crippen LogP contribution in [0.15, 0.2) is 11.6 Å². The molecule has 0 amide bonds. The van der Waals surface area contributed by atoms with Gasteiger partial charge in [-0.1, -0.05) is 36.4 Å². The average molecular weight is 266 g/mol. The summed E-state index contributed by atoms with van der Waals surface area (Å²) < 4.78 is 4.10. The minimum atomic E-state index is 0.0977. The molecule has 0 spiro atoms. The van der Waals surface area contributed by atoms with Crippen molar-refractivity contribution in [3.05, 3.63) is 22.2 Å². The first-order valence-corrected chi connectivity index (χ1v) is 7.48. The Morgan fingerprint density at radius 1 is 1.33 bits per heavy atom. The summed E-state index contributed by atoms with van der Waals surface area (Å²) in [5.74, 6) is 6.16. The second kappa shape index (κ2) is 6.41. The largest absolute Gasteiger partial charge is 0.271 e. The van der Waals surface area contributed by atoms with Crippen LogP contribution in [0.25, 0.3) is 0 Å². The summed E-state index contributed by atoms with van der Waals surface area (Å²) in [6, 6.07) is 0.0977. The van der Waals surface area contributed by atoms with E-state index in [9.17, 15) is 0 Å². The maximum Gasteiger partial charge on any atom is 0.0833 e. The monoisotopic (exact) mass is 266 g/mol. The van der Waals surface area contributed by atoms with Crippen molar-refractivity contribution in [2.24, 2.45) is 5.84 Å². The average Bonchev–Trinajstić information content (AvgIpc) is 2.67. The molecule has 1 aromatic heterocycles. The van der Waals surface area contributed by atoms with Crippen LogP contribution >= 0.6 is 11.5 Å². The zero-order valence-electron chi connectivity index (χ0n) is 11.1. The first-order chi connectivity index (χ1) is 8.74. The van der Waals surface area contributed by atoms with Gasteiger partial charge in [-0.05, 0) is 43.1 Å². The standard InChI is InChI=1S/C13H22N4S/c1-9(2)11-13(18-17-16-11)12(15-14)10-7-5-3-4-6-8-10/h7,9,12,15H,3-6,8,14H2,1-2H3. The Hall–Kier alpha value is -0.780. The van der Waals surface area contributed by atoms with E-state index in [0.717, 1.165) is 18.5 Å². The fourth-order valence-electron chi connectivity index (χ4n) is 2.46. The molecule has 2 rings (SSSR count). The van der Waals surface area contributed by atoms with Crippen LogP contribution in [0.4, 0.5) is 0 Å². The molecule has 1 atom stereocenters. The first kappa shape index (κ1) is 13.6. The molecule has 0 saturated heterocycles. The van der Waals surface area contributed by atoms with Gasteiger partial charge in [0, 0.05) is 0 Å². The van der Waals surface area contributed by atoms with Crippen LogP contribution in [0.3, 0.4) is 0 Å². The van der Waals surface area contributed by atoms with Gasteiger partial charge in [-0.2, -0.15) is 0 Å². The molecule has 1 aliphatic carbocycles. The number of nitrogens with one attached hydrogen (secondary N) is 1. The lowest BCUT2D eigenvalue weighted by Gasteiger charge is -2.19. The van der Waals surface area contributed by atoms with Gasteiger partial charge in [0.05, 0.1) is 16.6 Å². The number of nitrogens with zero attached hydrogens (tertiary/aromatic N) is 2. The Morgan fingerprint density at radius 2 is 2.17 bits per heavy atom. The molecule has 18 heavy (non-hydrogen) atoms. The van der Waals surface area contributed by atoms with E-state index in [1.54, 1.807) is 0 Å². The molecular formula is C13H22N4S. The van der Waals surface area contributed by atoms with E-state index in [1.165, 1.54) is 41.2 Å². The number of hydrogen-bond acceptors (Lipinski definition) is 5. The zero-order valence-corrected chi connectivity index (χ0v) is 12.0. The van der Waals surface area contributed by atoms with E-state index in [1.807, 2.05) is 0 Å². The van der Waals surface area contributed by atoms with Crippen molar-refractivity contribution in [2.45, 2.75) is 57.9 Å². The fourth-order valence-corrected chi connectivity index (χ4v) is 3.37. The maximum atomic E-state index is 5.78. The molecule has 0 aliphatic heterocycles. The second-order valence-electron chi connectivity index (χ2n) is 5.16. The Labute approximate surface area is 113 Å². The topological polar surface area (TPSA) is 63.8 Å². The van der Waals surface area contributed by atoms with Crippen LogP contribution in [-0.4, -0.2) is 9.59 Å². The summed E-state index contributed by atoms with van der Waals surface area (Å²) >= 11 is 1.47. The molecule has 1 aliphatic rings. The van der Waals surface area contributed by atoms with Gasteiger partial charge in [-0.25, -0.2) is 5.43 Å². The van der Waals surface area contributed by atoms with E-state index in [4.69, 9.17) is 5.84 Å². The number of nitrogens with two attached hydrogens (primary N) is 1. The Morgan fingerprint density at radius 3 is 2.89 bits per heavy atom. The minimum Gasteiger partial charge on any atom is -0.271 e. The first-order valence-electron chi connectivity index (χ1n) is 6.71. The van der Waals surface area contributed by atoms with E-state index in [-0.39, 0.29) is 6.04 Å². The minimum absolute atomic E-state index is 0.0977. The molecule has 0 fully saturated rings. The Bertz CT molecular complexity index is 411. The third-order valence-corrected chi connectivity index (χ3v) is 4.27. The van der Waals surface area contributed by atoms with Crippen LogP contribution in [0.2, 0.25) is 0 Å². The SMILES string of the molecule is CC(C)c1nnsc1C(NN)C1=CCCCCC1. The quantitative estimate of drug-likeness (QED) is 0.499. The van der Waals surface area contributed by atoms with Crippen molar-refractivity contribution in [2.75, 3.05) is 0 Å². The molecule has 1 unspecified atom stereocenters. The van der Waals surface area contributed by atoms with Gasteiger partial charge in [-0.3, -0.25) is 5.84 Å². The lowest BCUT2D eigenvalue weighted by molar-refractivity contribution is 0.591. The highest BCUT2D eigenvalue weighted by atomic mass is 32.1. The number of allylic oxidation sites excluding steroid dienone is 1. The molecular weight excluding hydrogens is 244 g/mol. The lowest BCUT2D eigenvalue weighted by atomic mass is 9.97.